The molecule has 22 heavy (non-hydrogen) atoms. The number of alkyl halides is 1. The molecule has 3 fully saturated rings. The molecule has 4 nitrogen and oxygen atoms in total. The zero-order chi connectivity index (χ0) is 15.6. The highest BCUT2D eigenvalue weighted by Crippen LogP contribution is 2.35. The Kier molecular flexibility index (Phi) is 5.03. The van der Waals surface area contributed by atoms with Crippen LogP contribution in [0.25, 0.3) is 0 Å². The van der Waals surface area contributed by atoms with Gasteiger partial charge in [-0.05, 0) is 45.1 Å². The highest BCUT2D eigenvalue weighted by Gasteiger charge is 2.42. The summed E-state index contributed by atoms with van der Waals surface area (Å²) in [6, 6.07) is 0. The largest absolute Gasteiger partial charge is 0.342 e. The third kappa shape index (κ3) is 3.62. The normalized spacial score (nSPS) is 31.7. The highest BCUT2D eigenvalue weighted by molar-refractivity contribution is 5.76. The summed E-state index contributed by atoms with van der Waals surface area (Å²) in [5.41, 5.74) is 0.114. The van der Waals surface area contributed by atoms with Gasteiger partial charge in [0.2, 0.25) is 5.91 Å². The number of nitrogens with zero attached hydrogens (tertiary/aromatic N) is 3. The number of hydrogen-bond acceptors (Lipinski definition) is 3. The summed E-state index contributed by atoms with van der Waals surface area (Å²) in [5.74, 6) is 1.11. The van der Waals surface area contributed by atoms with Gasteiger partial charge in [-0.2, -0.15) is 0 Å². The first-order valence-corrected chi connectivity index (χ1v) is 8.90. The molecule has 0 bridgehead atoms. The molecule has 126 valence electrons. The lowest BCUT2D eigenvalue weighted by Crippen LogP contribution is -2.61. The van der Waals surface area contributed by atoms with Crippen molar-refractivity contribution in [3.8, 4) is 0 Å². The van der Waals surface area contributed by atoms with Gasteiger partial charge in [-0.25, -0.2) is 0 Å². The molecule has 0 N–H and O–H groups in total. The Bertz CT molecular complexity index is 399. The van der Waals surface area contributed by atoms with E-state index in [1.165, 1.54) is 12.8 Å². The summed E-state index contributed by atoms with van der Waals surface area (Å²) in [5, 5.41) is 0. The molecule has 0 radical (unpaired) electrons. The van der Waals surface area contributed by atoms with Gasteiger partial charge in [0.1, 0.15) is 0 Å². The lowest BCUT2D eigenvalue weighted by Gasteiger charge is -2.49. The molecule has 5 heteroatoms. The molecular weight excluding hydrogens is 281 g/mol. The SMILES string of the molecule is CN1CCN(CCCF)C[C@@]12CCC(=O)N(CC1CC1)CC2. The van der Waals surface area contributed by atoms with E-state index >= 15 is 0 Å². The summed E-state index contributed by atoms with van der Waals surface area (Å²) in [6.45, 7) is 5.55. The molecular formula is C17H30FN3O. The zero-order valence-corrected chi connectivity index (χ0v) is 13.9. The fourth-order valence-corrected chi connectivity index (χ4v) is 4.05. The predicted molar refractivity (Wildman–Crippen MR) is 85.5 cm³/mol. The van der Waals surface area contributed by atoms with Crippen molar-refractivity contribution in [2.75, 3.05) is 53.0 Å². The third-order valence-corrected chi connectivity index (χ3v) is 5.87. The van der Waals surface area contributed by atoms with Gasteiger partial charge >= 0.3 is 0 Å². The Morgan fingerprint density at radius 3 is 2.77 bits per heavy atom. The molecule has 0 aromatic rings. The standard InChI is InChI=1S/C17H30FN3O/c1-19-11-12-20(9-2-8-18)14-17(19)6-5-16(22)21(10-7-17)13-15-3-4-15/h15H,2-14H2,1H3/t17-/m0/s1. The molecule has 3 aliphatic rings. The summed E-state index contributed by atoms with van der Waals surface area (Å²) >= 11 is 0. The van der Waals surface area contributed by atoms with Gasteiger partial charge < -0.3 is 9.80 Å². The van der Waals surface area contributed by atoms with E-state index in [0.29, 0.717) is 18.7 Å². The van der Waals surface area contributed by atoms with Crippen molar-refractivity contribution < 1.29 is 9.18 Å². The topological polar surface area (TPSA) is 26.8 Å². The first-order valence-electron chi connectivity index (χ1n) is 8.90. The molecule has 1 aliphatic carbocycles. The van der Waals surface area contributed by atoms with Crippen LogP contribution < -0.4 is 0 Å². The second-order valence-electron chi connectivity index (χ2n) is 7.50. The number of carbonyl (C=O) groups excluding carboxylic acids is 1. The Labute approximate surface area is 133 Å². The Hall–Kier alpha value is -0.680. The smallest absolute Gasteiger partial charge is 0.222 e. The second kappa shape index (κ2) is 6.83. The van der Waals surface area contributed by atoms with Crippen LogP contribution in [0.15, 0.2) is 0 Å². The maximum absolute atomic E-state index is 12.5. The lowest BCUT2D eigenvalue weighted by atomic mass is 9.86. The van der Waals surface area contributed by atoms with Gasteiger partial charge in [0.05, 0.1) is 6.67 Å². The average molecular weight is 311 g/mol. The fraction of sp³-hybridized carbons (Fsp3) is 0.941. The maximum atomic E-state index is 12.5. The van der Waals surface area contributed by atoms with Crippen molar-refractivity contribution in [2.45, 2.75) is 44.1 Å². The van der Waals surface area contributed by atoms with Crippen LogP contribution in [0.5, 0.6) is 0 Å². The molecule has 1 atom stereocenters. The van der Waals surface area contributed by atoms with E-state index in [-0.39, 0.29) is 12.2 Å². The van der Waals surface area contributed by atoms with Crippen LogP contribution in [0, 0.1) is 5.92 Å². The fourth-order valence-electron chi connectivity index (χ4n) is 4.05. The molecule has 2 heterocycles. The first kappa shape index (κ1) is 16.2. The van der Waals surface area contributed by atoms with E-state index in [2.05, 4.69) is 21.7 Å². The molecule has 2 aliphatic heterocycles. The van der Waals surface area contributed by atoms with Crippen molar-refractivity contribution in [1.29, 1.82) is 0 Å². The third-order valence-electron chi connectivity index (χ3n) is 5.87. The Balaban J connectivity index is 1.63. The van der Waals surface area contributed by atoms with Gasteiger partial charge in [-0.15, -0.1) is 0 Å². The number of likely N-dealkylation sites (N-methyl/N-ethyl adjacent to an activating group) is 1. The van der Waals surface area contributed by atoms with Crippen LogP contribution in [0.2, 0.25) is 0 Å². The zero-order valence-electron chi connectivity index (χ0n) is 13.9. The molecule has 0 aromatic heterocycles. The monoisotopic (exact) mass is 311 g/mol. The molecule has 1 saturated carbocycles. The molecule has 1 amide bonds. The molecule has 0 aromatic carbocycles. The summed E-state index contributed by atoms with van der Waals surface area (Å²) < 4.78 is 12.5. The van der Waals surface area contributed by atoms with Crippen molar-refractivity contribution in [1.82, 2.24) is 14.7 Å². The number of likely N-dealkylation sites (tertiary alicyclic amines) is 1. The van der Waals surface area contributed by atoms with Gasteiger partial charge in [0, 0.05) is 51.2 Å². The van der Waals surface area contributed by atoms with E-state index in [4.69, 9.17) is 0 Å². The van der Waals surface area contributed by atoms with E-state index in [1.54, 1.807) is 0 Å². The van der Waals surface area contributed by atoms with Gasteiger partial charge in [-0.3, -0.25) is 14.1 Å². The van der Waals surface area contributed by atoms with Gasteiger partial charge in [-0.1, -0.05) is 0 Å². The summed E-state index contributed by atoms with van der Waals surface area (Å²) in [6.07, 6.45) is 5.92. The molecule has 0 unspecified atom stereocenters. The number of carbonyl (C=O) groups is 1. The number of halogens is 1. The van der Waals surface area contributed by atoms with E-state index in [0.717, 1.165) is 58.0 Å². The molecule has 3 rings (SSSR count). The van der Waals surface area contributed by atoms with Crippen LogP contribution in [0.4, 0.5) is 4.39 Å². The van der Waals surface area contributed by atoms with Crippen LogP contribution in [-0.2, 0) is 4.79 Å². The van der Waals surface area contributed by atoms with Crippen molar-refractivity contribution in [3.05, 3.63) is 0 Å². The number of piperazine rings is 1. The summed E-state index contributed by atoms with van der Waals surface area (Å²) in [7, 11) is 2.20. The Morgan fingerprint density at radius 1 is 1.23 bits per heavy atom. The molecule has 2 saturated heterocycles. The van der Waals surface area contributed by atoms with Crippen LogP contribution in [-0.4, -0.2) is 79.1 Å². The average Bonchev–Trinajstić information content (AvgIpc) is 3.34. The van der Waals surface area contributed by atoms with E-state index < -0.39 is 0 Å². The van der Waals surface area contributed by atoms with Crippen LogP contribution in [0.3, 0.4) is 0 Å². The van der Waals surface area contributed by atoms with Crippen molar-refractivity contribution in [2.24, 2.45) is 5.92 Å². The second-order valence-corrected chi connectivity index (χ2v) is 7.50. The predicted octanol–water partition coefficient (Wildman–Crippen LogP) is 1.75. The maximum Gasteiger partial charge on any atom is 0.222 e. The minimum atomic E-state index is -0.229. The lowest BCUT2D eigenvalue weighted by molar-refractivity contribution is -0.131. The minimum absolute atomic E-state index is 0.114. The van der Waals surface area contributed by atoms with Crippen molar-refractivity contribution >= 4 is 5.91 Å². The number of hydrogen-bond donors (Lipinski definition) is 0. The number of rotatable bonds is 5. The van der Waals surface area contributed by atoms with Crippen molar-refractivity contribution in [3.63, 3.8) is 0 Å². The first-order chi connectivity index (χ1) is 10.6. The summed E-state index contributed by atoms with van der Waals surface area (Å²) in [4.78, 5) is 19.4. The van der Waals surface area contributed by atoms with Gasteiger partial charge in [0.15, 0.2) is 0 Å². The van der Waals surface area contributed by atoms with Crippen LogP contribution in [0.1, 0.15) is 38.5 Å². The molecule has 1 spiro atoms. The van der Waals surface area contributed by atoms with E-state index in [9.17, 15) is 9.18 Å². The highest BCUT2D eigenvalue weighted by atomic mass is 19.1. The quantitative estimate of drug-likeness (QED) is 0.774. The van der Waals surface area contributed by atoms with Crippen LogP contribution >= 0.6 is 0 Å². The Morgan fingerprint density at radius 2 is 2.05 bits per heavy atom. The minimum Gasteiger partial charge on any atom is -0.342 e. The number of amides is 1. The van der Waals surface area contributed by atoms with E-state index in [1.807, 2.05) is 0 Å². The van der Waals surface area contributed by atoms with Gasteiger partial charge in [0.25, 0.3) is 0 Å².